The number of rotatable bonds is 4. The molecule has 0 spiro atoms. The maximum absolute atomic E-state index is 12.9. The van der Waals surface area contributed by atoms with E-state index in [9.17, 15) is 29.4 Å². The number of hydrogen-bond acceptors (Lipinski definition) is 7. The number of hydrogen-bond donors (Lipinski definition) is 4. The molecule has 1 aliphatic heterocycles. The van der Waals surface area contributed by atoms with Gasteiger partial charge in [-0.3, -0.25) is 9.32 Å². The molecule has 0 bridgehead atoms. The summed E-state index contributed by atoms with van der Waals surface area (Å²) < 4.78 is 22.6. The van der Waals surface area contributed by atoms with Gasteiger partial charge in [-0.15, -0.1) is 0 Å². The standard InChI is InChI=1S/C21H21ClNO8P/c1-23-7-6-12(18(10-23)31-32(27,28)29)19-14(24)8-15(25)20-16(26)9-17(30-21(19)20)11-4-2-3-5-13(11)22/h2-5,8-9,12,18,24-25H,6-7,10H2,1H3,(H2,27,28,29)/t12-,18+/m0/s1. The predicted molar refractivity (Wildman–Crippen MR) is 118 cm³/mol. The van der Waals surface area contributed by atoms with Crippen molar-refractivity contribution in [1.29, 1.82) is 0 Å². The zero-order chi connectivity index (χ0) is 23.2. The van der Waals surface area contributed by atoms with Gasteiger partial charge in [-0.1, -0.05) is 23.7 Å². The fourth-order valence-corrected chi connectivity index (χ4v) is 4.95. The van der Waals surface area contributed by atoms with E-state index in [4.69, 9.17) is 20.5 Å². The quantitative estimate of drug-likeness (QED) is 0.412. The minimum Gasteiger partial charge on any atom is -0.507 e. The van der Waals surface area contributed by atoms with Gasteiger partial charge in [-0.05, 0) is 32.1 Å². The lowest BCUT2D eigenvalue weighted by atomic mass is 9.85. The first-order valence-corrected chi connectivity index (χ1v) is 11.7. The van der Waals surface area contributed by atoms with Crippen molar-refractivity contribution < 1.29 is 33.5 Å². The van der Waals surface area contributed by atoms with Crippen LogP contribution in [0.3, 0.4) is 0 Å². The Morgan fingerprint density at radius 3 is 2.59 bits per heavy atom. The number of phenolic OH excluding ortho intramolecular Hbond substituents is 2. The molecule has 9 nitrogen and oxygen atoms in total. The zero-order valence-electron chi connectivity index (χ0n) is 16.9. The first kappa shape index (κ1) is 22.8. The number of halogens is 1. The van der Waals surface area contributed by atoms with E-state index in [1.54, 1.807) is 31.3 Å². The Balaban J connectivity index is 1.97. The van der Waals surface area contributed by atoms with Crippen molar-refractivity contribution in [2.24, 2.45) is 0 Å². The van der Waals surface area contributed by atoms with Gasteiger partial charge in [0, 0.05) is 35.7 Å². The van der Waals surface area contributed by atoms with E-state index in [1.807, 2.05) is 4.90 Å². The molecule has 32 heavy (non-hydrogen) atoms. The van der Waals surface area contributed by atoms with Crippen LogP contribution in [-0.4, -0.2) is 51.1 Å². The van der Waals surface area contributed by atoms with Crippen molar-refractivity contribution >= 4 is 30.4 Å². The van der Waals surface area contributed by atoms with Crippen molar-refractivity contribution in [2.45, 2.75) is 18.4 Å². The monoisotopic (exact) mass is 481 g/mol. The van der Waals surface area contributed by atoms with Crippen LogP contribution in [0.2, 0.25) is 5.02 Å². The lowest BCUT2D eigenvalue weighted by Crippen LogP contribution is -2.41. The van der Waals surface area contributed by atoms with E-state index < -0.39 is 31.0 Å². The van der Waals surface area contributed by atoms with Crippen LogP contribution >= 0.6 is 19.4 Å². The van der Waals surface area contributed by atoms with Gasteiger partial charge in [0.15, 0.2) is 5.43 Å². The van der Waals surface area contributed by atoms with Crippen LogP contribution in [0.4, 0.5) is 0 Å². The molecule has 0 saturated carbocycles. The Bertz CT molecular complexity index is 1290. The molecule has 1 aromatic heterocycles. The molecule has 0 aliphatic carbocycles. The zero-order valence-corrected chi connectivity index (χ0v) is 18.6. The highest BCUT2D eigenvalue weighted by atomic mass is 35.5. The van der Waals surface area contributed by atoms with E-state index in [-0.39, 0.29) is 34.6 Å². The van der Waals surface area contributed by atoms with Crippen LogP contribution in [0.15, 0.2) is 45.6 Å². The van der Waals surface area contributed by atoms with Crippen molar-refractivity contribution in [2.75, 3.05) is 20.1 Å². The largest absolute Gasteiger partial charge is 0.507 e. The number of phosphoric acid groups is 1. The molecule has 0 unspecified atom stereocenters. The van der Waals surface area contributed by atoms with Crippen LogP contribution in [0.1, 0.15) is 17.9 Å². The fraction of sp³-hybridized carbons (Fsp3) is 0.286. The maximum atomic E-state index is 12.9. The summed E-state index contributed by atoms with van der Waals surface area (Å²) >= 11 is 6.25. The summed E-state index contributed by atoms with van der Waals surface area (Å²) in [5.41, 5.74) is -0.0669. The number of likely N-dealkylation sites (tertiary alicyclic amines) is 1. The smallest absolute Gasteiger partial charge is 0.469 e. The van der Waals surface area contributed by atoms with Crippen molar-refractivity contribution in [3.63, 3.8) is 0 Å². The van der Waals surface area contributed by atoms with Gasteiger partial charge in [0.2, 0.25) is 0 Å². The van der Waals surface area contributed by atoms with Gasteiger partial charge in [-0.25, -0.2) is 4.57 Å². The van der Waals surface area contributed by atoms with Gasteiger partial charge >= 0.3 is 7.82 Å². The second-order valence-electron chi connectivity index (χ2n) is 7.78. The average Bonchev–Trinajstić information content (AvgIpc) is 2.68. The normalized spacial score (nSPS) is 20.0. The number of phenols is 2. The summed E-state index contributed by atoms with van der Waals surface area (Å²) in [5, 5.41) is 21.3. The van der Waals surface area contributed by atoms with Crippen molar-refractivity contribution in [3.8, 4) is 22.8 Å². The number of fused-ring (bicyclic) bond motifs is 1. The summed E-state index contributed by atoms with van der Waals surface area (Å²) in [6, 6.07) is 8.94. The summed E-state index contributed by atoms with van der Waals surface area (Å²) in [4.78, 5) is 33.5. The van der Waals surface area contributed by atoms with E-state index in [1.165, 1.54) is 6.07 Å². The highest BCUT2D eigenvalue weighted by Crippen LogP contribution is 2.47. The highest BCUT2D eigenvalue weighted by molar-refractivity contribution is 7.46. The molecule has 3 aromatic rings. The fourth-order valence-electron chi connectivity index (χ4n) is 4.16. The van der Waals surface area contributed by atoms with Gasteiger partial charge in [0.25, 0.3) is 0 Å². The van der Waals surface area contributed by atoms with Gasteiger partial charge in [0.05, 0.1) is 11.1 Å². The molecule has 1 fully saturated rings. The Morgan fingerprint density at radius 2 is 1.91 bits per heavy atom. The molecule has 11 heteroatoms. The Labute approximate surface area is 187 Å². The second kappa shape index (κ2) is 8.51. The maximum Gasteiger partial charge on any atom is 0.469 e. The third-order valence-corrected chi connectivity index (χ3v) is 6.42. The van der Waals surface area contributed by atoms with Crippen LogP contribution in [0.5, 0.6) is 11.5 Å². The molecular formula is C21H21ClNO8P. The number of benzene rings is 2. The first-order chi connectivity index (χ1) is 15.0. The molecule has 0 radical (unpaired) electrons. The molecule has 1 saturated heterocycles. The highest BCUT2D eigenvalue weighted by Gasteiger charge is 2.38. The minimum absolute atomic E-state index is 0.0845. The molecule has 2 aromatic carbocycles. The Kier molecular flexibility index (Phi) is 6.06. The lowest BCUT2D eigenvalue weighted by molar-refractivity contribution is 0.0544. The Morgan fingerprint density at radius 1 is 1.19 bits per heavy atom. The van der Waals surface area contributed by atoms with E-state index in [0.717, 1.165) is 6.07 Å². The molecule has 1 aliphatic rings. The van der Waals surface area contributed by atoms with Crippen LogP contribution < -0.4 is 5.43 Å². The third-order valence-electron chi connectivity index (χ3n) is 5.54. The third kappa shape index (κ3) is 4.41. The predicted octanol–water partition coefficient (Wildman–Crippen LogP) is 3.42. The van der Waals surface area contributed by atoms with Crippen LogP contribution in [0.25, 0.3) is 22.3 Å². The number of aromatic hydroxyl groups is 2. The molecule has 4 N–H and O–H groups in total. The Hall–Kier alpha value is -2.39. The van der Waals surface area contributed by atoms with E-state index in [0.29, 0.717) is 23.6 Å². The lowest BCUT2D eigenvalue weighted by Gasteiger charge is -2.36. The van der Waals surface area contributed by atoms with Crippen molar-refractivity contribution in [1.82, 2.24) is 4.90 Å². The summed E-state index contributed by atoms with van der Waals surface area (Å²) in [5.74, 6) is -1.43. The first-order valence-electron chi connectivity index (χ1n) is 9.75. The van der Waals surface area contributed by atoms with Crippen LogP contribution in [0, 0.1) is 0 Å². The number of nitrogens with zero attached hydrogens (tertiary/aromatic N) is 1. The SMILES string of the molecule is CN1CC[C@H](c2c(O)cc(O)c3c(=O)cc(-c4ccccc4Cl)oc23)[C@H](OP(=O)(O)O)C1. The number of piperidine rings is 1. The molecule has 0 amide bonds. The second-order valence-corrected chi connectivity index (χ2v) is 9.38. The summed E-state index contributed by atoms with van der Waals surface area (Å²) in [6.07, 6.45) is -0.642. The molecule has 2 atom stereocenters. The minimum atomic E-state index is -4.84. The summed E-state index contributed by atoms with van der Waals surface area (Å²) in [7, 11) is -3.07. The van der Waals surface area contributed by atoms with Gasteiger partial charge in [0.1, 0.15) is 28.2 Å². The summed E-state index contributed by atoms with van der Waals surface area (Å²) in [6.45, 7) is 0.716. The van der Waals surface area contributed by atoms with Crippen LogP contribution in [-0.2, 0) is 9.09 Å². The van der Waals surface area contributed by atoms with E-state index in [2.05, 4.69) is 0 Å². The van der Waals surface area contributed by atoms with Gasteiger partial charge in [-0.2, -0.15) is 0 Å². The average molecular weight is 482 g/mol. The van der Waals surface area contributed by atoms with Gasteiger partial charge < -0.3 is 29.3 Å². The molecular weight excluding hydrogens is 461 g/mol. The molecule has 2 heterocycles. The van der Waals surface area contributed by atoms with E-state index >= 15 is 0 Å². The molecule has 170 valence electrons. The number of phosphoric ester groups is 1. The van der Waals surface area contributed by atoms with Crippen molar-refractivity contribution in [3.05, 3.63) is 57.2 Å². The number of likely N-dealkylation sites (N-methyl/N-ethyl adjacent to an activating group) is 1. The topological polar surface area (TPSA) is 141 Å². The molecule has 4 rings (SSSR count).